The van der Waals surface area contributed by atoms with Gasteiger partial charge in [0.05, 0.1) is 6.10 Å². The topological polar surface area (TPSA) is 21.3 Å². The van der Waals surface area contributed by atoms with Crippen LogP contribution >= 0.6 is 0 Å². The van der Waals surface area contributed by atoms with Crippen LogP contribution in [-0.2, 0) is 4.74 Å². The summed E-state index contributed by atoms with van der Waals surface area (Å²) in [7, 11) is 0. The Morgan fingerprint density at radius 2 is 2.20 bits per heavy atom. The predicted molar refractivity (Wildman–Crippen MR) is 65.2 cm³/mol. The van der Waals surface area contributed by atoms with E-state index in [2.05, 4.69) is 19.2 Å². The Kier molecular flexibility index (Phi) is 7.03. The Hall–Kier alpha value is -0.0800. The Morgan fingerprint density at radius 3 is 2.80 bits per heavy atom. The molecule has 0 aromatic rings. The van der Waals surface area contributed by atoms with Crippen LogP contribution in [0.25, 0.3) is 0 Å². The highest BCUT2D eigenvalue weighted by Crippen LogP contribution is 2.19. The third-order valence-electron chi connectivity index (χ3n) is 3.26. The molecule has 0 bridgehead atoms. The molecule has 2 heteroatoms. The second kappa shape index (κ2) is 8.12. The van der Waals surface area contributed by atoms with E-state index in [-0.39, 0.29) is 0 Å². The monoisotopic (exact) mass is 213 g/mol. The number of rotatable bonds is 8. The number of ether oxygens (including phenoxy) is 1. The van der Waals surface area contributed by atoms with Crippen molar-refractivity contribution in [1.29, 1.82) is 0 Å². The lowest BCUT2D eigenvalue weighted by atomic mass is 10.0. The molecule has 0 spiro atoms. The lowest BCUT2D eigenvalue weighted by Gasteiger charge is -2.19. The van der Waals surface area contributed by atoms with E-state index >= 15 is 0 Å². The van der Waals surface area contributed by atoms with Crippen LogP contribution in [0, 0.1) is 0 Å². The van der Waals surface area contributed by atoms with Crippen LogP contribution in [0.3, 0.4) is 0 Å². The van der Waals surface area contributed by atoms with Crippen LogP contribution in [-0.4, -0.2) is 25.3 Å². The summed E-state index contributed by atoms with van der Waals surface area (Å²) >= 11 is 0. The first-order valence-corrected chi connectivity index (χ1v) is 6.71. The molecule has 1 N–H and O–H groups in total. The van der Waals surface area contributed by atoms with Gasteiger partial charge in [-0.3, -0.25) is 0 Å². The third kappa shape index (κ3) is 5.53. The van der Waals surface area contributed by atoms with Crippen molar-refractivity contribution in [2.45, 2.75) is 70.9 Å². The largest absolute Gasteiger partial charge is 0.378 e. The van der Waals surface area contributed by atoms with Gasteiger partial charge in [0.2, 0.25) is 0 Å². The molecule has 2 atom stereocenters. The second-order valence-electron chi connectivity index (χ2n) is 4.61. The molecule has 2 nitrogen and oxygen atoms in total. The molecule has 0 aliphatic carbocycles. The maximum absolute atomic E-state index is 5.66. The highest BCUT2D eigenvalue weighted by atomic mass is 16.5. The van der Waals surface area contributed by atoms with Crippen molar-refractivity contribution in [2.24, 2.45) is 0 Å². The first-order valence-electron chi connectivity index (χ1n) is 6.71. The third-order valence-corrected chi connectivity index (χ3v) is 3.26. The number of unbranched alkanes of at least 4 members (excludes halogenated alkanes) is 1. The molecule has 1 heterocycles. The zero-order chi connectivity index (χ0) is 10.9. The van der Waals surface area contributed by atoms with Crippen molar-refractivity contribution in [3.05, 3.63) is 0 Å². The van der Waals surface area contributed by atoms with E-state index < -0.39 is 0 Å². The normalized spacial score (nSPS) is 23.2. The summed E-state index contributed by atoms with van der Waals surface area (Å²) in [6.45, 7) is 6.56. The molecule has 15 heavy (non-hydrogen) atoms. The SMILES string of the molecule is CCCCC(CCC1CCCO1)NCC. The van der Waals surface area contributed by atoms with Crippen molar-refractivity contribution >= 4 is 0 Å². The maximum atomic E-state index is 5.66. The van der Waals surface area contributed by atoms with Crippen molar-refractivity contribution in [1.82, 2.24) is 5.32 Å². The predicted octanol–water partition coefficient (Wildman–Crippen LogP) is 3.11. The molecule has 0 aromatic carbocycles. The molecule has 0 amide bonds. The minimum Gasteiger partial charge on any atom is -0.378 e. The average Bonchev–Trinajstić information content (AvgIpc) is 2.75. The molecule has 1 aliphatic rings. The van der Waals surface area contributed by atoms with Crippen LogP contribution < -0.4 is 5.32 Å². The molecule has 0 saturated carbocycles. The summed E-state index contributed by atoms with van der Waals surface area (Å²) in [4.78, 5) is 0. The van der Waals surface area contributed by atoms with Crippen molar-refractivity contribution < 1.29 is 4.74 Å². The van der Waals surface area contributed by atoms with Crippen LogP contribution in [0.4, 0.5) is 0 Å². The van der Waals surface area contributed by atoms with E-state index in [0.29, 0.717) is 6.10 Å². The highest BCUT2D eigenvalue weighted by Gasteiger charge is 2.17. The molecule has 1 saturated heterocycles. The van der Waals surface area contributed by atoms with Crippen LogP contribution in [0.1, 0.15) is 58.8 Å². The summed E-state index contributed by atoms with van der Waals surface area (Å²) < 4.78 is 5.66. The van der Waals surface area contributed by atoms with Gasteiger partial charge in [0.15, 0.2) is 0 Å². The van der Waals surface area contributed by atoms with Crippen LogP contribution in [0.2, 0.25) is 0 Å². The Bertz CT molecular complexity index is 143. The van der Waals surface area contributed by atoms with Gasteiger partial charge in [-0.05, 0) is 38.6 Å². The minimum absolute atomic E-state index is 0.563. The van der Waals surface area contributed by atoms with Gasteiger partial charge in [0.25, 0.3) is 0 Å². The van der Waals surface area contributed by atoms with Gasteiger partial charge >= 0.3 is 0 Å². The van der Waals surface area contributed by atoms with E-state index in [1.807, 2.05) is 0 Å². The quantitative estimate of drug-likeness (QED) is 0.669. The van der Waals surface area contributed by atoms with Gasteiger partial charge in [-0.1, -0.05) is 26.7 Å². The summed E-state index contributed by atoms with van der Waals surface area (Å²) in [6.07, 6.45) is 9.65. The molecule has 1 aliphatic heterocycles. The van der Waals surface area contributed by atoms with Crippen molar-refractivity contribution in [3.63, 3.8) is 0 Å². The Morgan fingerprint density at radius 1 is 1.33 bits per heavy atom. The molecule has 1 fully saturated rings. The van der Waals surface area contributed by atoms with E-state index in [1.165, 1.54) is 44.9 Å². The lowest BCUT2D eigenvalue weighted by Crippen LogP contribution is -2.29. The fraction of sp³-hybridized carbons (Fsp3) is 1.00. The summed E-state index contributed by atoms with van der Waals surface area (Å²) in [5, 5.41) is 3.59. The molecule has 0 radical (unpaired) electrons. The minimum atomic E-state index is 0.563. The number of hydrogen-bond donors (Lipinski definition) is 1. The van der Waals surface area contributed by atoms with E-state index in [1.54, 1.807) is 0 Å². The van der Waals surface area contributed by atoms with Crippen LogP contribution in [0.5, 0.6) is 0 Å². The Balaban J connectivity index is 2.11. The van der Waals surface area contributed by atoms with Gasteiger partial charge in [0.1, 0.15) is 0 Å². The van der Waals surface area contributed by atoms with Gasteiger partial charge in [-0.2, -0.15) is 0 Å². The van der Waals surface area contributed by atoms with E-state index in [0.717, 1.165) is 19.2 Å². The smallest absolute Gasteiger partial charge is 0.0576 e. The van der Waals surface area contributed by atoms with Gasteiger partial charge in [-0.25, -0.2) is 0 Å². The zero-order valence-electron chi connectivity index (χ0n) is 10.4. The van der Waals surface area contributed by atoms with Crippen molar-refractivity contribution in [2.75, 3.05) is 13.2 Å². The maximum Gasteiger partial charge on any atom is 0.0576 e. The number of nitrogens with one attached hydrogen (secondary N) is 1. The zero-order valence-corrected chi connectivity index (χ0v) is 10.4. The van der Waals surface area contributed by atoms with E-state index in [9.17, 15) is 0 Å². The lowest BCUT2D eigenvalue weighted by molar-refractivity contribution is 0.0992. The summed E-state index contributed by atoms with van der Waals surface area (Å²) in [5.74, 6) is 0. The summed E-state index contributed by atoms with van der Waals surface area (Å²) in [6, 6.07) is 0.721. The fourth-order valence-corrected chi connectivity index (χ4v) is 2.35. The molecule has 2 unspecified atom stereocenters. The Labute approximate surface area is 94.8 Å². The standard InChI is InChI=1S/C13H27NO/c1-3-5-7-12(14-4-2)9-10-13-8-6-11-15-13/h12-14H,3-11H2,1-2H3. The van der Waals surface area contributed by atoms with Crippen LogP contribution in [0.15, 0.2) is 0 Å². The molecule has 1 rings (SSSR count). The summed E-state index contributed by atoms with van der Waals surface area (Å²) in [5.41, 5.74) is 0. The average molecular weight is 213 g/mol. The first-order chi connectivity index (χ1) is 7.36. The molecular formula is C13H27NO. The number of hydrogen-bond acceptors (Lipinski definition) is 2. The van der Waals surface area contributed by atoms with Crippen molar-refractivity contribution in [3.8, 4) is 0 Å². The fourth-order valence-electron chi connectivity index (χ4n) is 2.35. The molecule has 90 valence electrons. The highest BCUT2D eigenvalue weighted by molar-refractivity contribution is 4.71. The van der Waals surface area contributed by atoms with Gasteiger partial charge < -0.3 is 10.1 Å². The first kappa shape index (κ1) is 13.0. The molecule has 0 aromatic heterocycles. The van der Waals surface area contributed by atoms with Gasteiger partial charge in [0, 0.05) is 12.6 Å². The molecular weight excluding hydrogens is 186 g/mol. The van der Waals surface area contributed by atoms with Gasteiger partial charge in [-0.15, -0.1) is 0 Å². The second-order valence-corrected chi connectivity index (χ2v) is 4.61. The van der Waals surface area contributed by atoms with E-state index in [4.69, 9.17) is 4.74 Å².